The van der Waals surface area contributed by atoms with Crippen molar-refractivity contribution in [2.24, 2.45) is 12.8 Å². The summed E-state index contributed by atoms with van der Waals surface area (Å²) in [5.74, 6) is 0. The molecule has 0 fully saturated rings. The maximum absolute atomic E-state index is 8.90. The van der Waals surface area contributed by atoms with Gasteiger partial charge in [0, 0.05) is 25.3 Å². The molecule has 0 bridgehead atoms. The second kappa shape index (κ2) is 5.12. The number of nitrogens with two attached hydrogens (primary N) is 1. The quantitative estimate of drug-likeness (QED) is 0.837. The van der Waals surface area contributed by atoms with Crippen molar-refractivity contribution in [3.05, 3.63) is 42.1 Å². The third kappa shape index (κ3) is 2.54. The van der Waals surface area contributed by atoms with E-state index >= 15 is 0 Å². The molecular weight excluding hydrogens is 214 g/mol. The number of hydrogen-bond acceptors (Lipinski definition) is 3. The standard InChI is InChI=1S/C13H17N3O/c1-16-13(11(14)7-8-17)9-12(15-16)10-5-3-2-4-6-10/h2-6,9,11,17H,7-8,14H2,1H3. The minimum absolute atomic E-state index is 0.0903. The van der Waals surface area contributed by atoms with Crippen LogP contribution in [-0.2, 0) is 7.05 Å². The summed E-state index contributed by atoms with van der Waals surface area (Å²) in [4.78, 5) is 0. The number of aliphatic hydroxyl groups excluding tert-OH is 1. The van der Waals surface area contributed by atoms with Gasteiger partial charge < -0.3 is 10.8 Å². The van der Waals surface area contributed by atoms with Crippen LogP contribution >= 0.6 is 0 Å². The van der Waals surface area contributed by atoms with Crippen LogP contribution in [0.25, 0.3) is 11.3 Å². The molecular formula is C13H17N3O. The molecule has 0 aliphatic heterocycles. The Bertz CT molecular complexity index is 479. The maximum Gasteiger partial charge on any atom is 0.0926 e. The smallest absolute Gasteiger partial charge is 0.0926 e. The minimum Gasteiger partial charge on any atom is -0.396 e. The molecule has 1 aromatic heterocycles. The van der Waals surface area contributed by atoms with E-state index < -0.39 is 0 Å². The summed E-state index contributed by atoms with van der Waals surface area (Å²) in [6.07, 6.45) is 0.549. The van der Waals surface area contributed by atoms with Crippen LogP contribution in [0.4, 0.5) is 0 Å². The van der Waals surface area contributed by atoms with E-state index in [9.17, 15) is 0 Å². The van der Waals surface area contributed by atoms with Crippen LogP contribution in [0.15, 0.2) is 36.4 Å². The summed E-state index contributed by atoms with van der Waals surface area (Å²) in [5, 5.41) is 13.3. The van der Waals surface area contributed by atoms with Crippen LogP contribution in [0.3, 0.4) is 0 Å². The summed E-state index contributed by atoms with van der Waals surface area (Å²) >= 11 is 0. The lowest BCUT2D eigenvalue weighted by Crippen LogP contribution is -2.15. The van der Waals surface area contributed by atoms with Crippen LogP contribution in [0, 0.1) is 0 Å². The van der Waals surface area contributed by atoms with Crippen molar-refractivity contribution in [3.63, 3.8) is 0 Å². The summed E-state index contributed by atoms with van der Waals surface area (Å²) in [7, 11) is 1.87. The molecule has 0 aliphatic carbocycles. The van der Waals surface area contributed by atoms with E-state index in [-0.39, 0.29) is 12.6 Å². The van der Waals surface area contributed by atoms with Crippen molar-refractivity contribution in [1.82, 2.24) is 9.78 Å². The molecule has 2 rings (SSSR count). The Kier molecular flexibility index (Phi) is 3.56. The Hall–Kier alpha value is -1.65. The number of rotatable bonds is 4. The Morgan fingerprint density at radius 1 is 1.35 bits per heavy atom. The van der Waals surface area contributed by atoms with Gasteiger partial charge in [-0.25, -0.2) is 0 Å². The Morgan fingerprint density at radius 3 is 2.71 bits per heavy atom. The predicted molar refractivity (Wildman–Crippen MR) is 67.3 cm³/mol. The van der Waals surface area contributed by atoms with Crippen molar-refractivity contribution >= 4 is 0 Å². The average molecular weight is 231 g/mol. The molecule has 2 aromatic rings. The Labute approximate surface area is 101 Å². The van der Waals surface area contributed by atoms with Gasteiger partial charge in [-0.05, 0) is 12.5 Å². The number of nitrogens with zero attached hydrogens (tertiary/aromatic N) is 2. The molecule has 1 unspecified atom stereocenters. The van der Waals surface area contributed by atoms with E-state index in [0.29, 0.717) is 6.42 Å². The van der Waals surface area contributed by atoms with E-state index in [0.717, 1.165) is 17.0 Å². The van der Waals surface area contributed by atoms with Crippen LogP contribution < -0.4 is 5.73 Å². The van der Waals surface area contributed by atoms with Gasteiger partial charge in [0.1, 0.15) is 0 Å². The van der Waals surface area contributed by atoms with Crippen LogP contribution in [-0.4, -0.2) is 21.5 Å². The molecule has 4 heteroatoms. The highest BCUT2D eigenvalue weighted by Crippen LogP contribution is 2.22. The highest BCUT2D eigenvalue weighted by atomic mass is 16.3. The fraction of sp³-hybridized carbons (Fsp3) is 0.308. The maximum atomic E-state index is 8.90. The molecule has 4 nitrogen and oxygen atoms in total. The first-order valence-electron chi connectivity index (χ1n) is 5.68. The van der Waals surface area contributed by atoms with Crippen LogP contribution in [0.2, 0.25) is 0 Å². The number of hydrogen-bond donors (Lipinski definition) is 2. The number of aromatic nitrogens is 2. The summed E-state index contributed by atoms with van der Waals surface area (Å²) in [6.45, 7) is 0.0903. The first-order chi connectivity index (χ1) is 8.22. The SMILES string of the molecule is Cn1nc(-c2ccccc2)cc1C(N)CCO. The topological polar surface area (TPSA) is 64.1 Å². The Morgan fingerprint density at radius 2 is 2.06 bits per heavy atom. The summed E-state index contributed by atoms with van der Waals surface area (Å²) < 4.78 is 1.78. The van der Waals surface area contributed by atoms with Crippen LogP contribution in [0.5, 0.6) is 0 Å². The molecule has 0 amide bonds. The average Bonchev–Trinajstić information content (AvgIpc) is 2.73. The highest BCUT2D eigenvalue weighted by Gasteiger charge is 2.13. The molecule has 1 aromatic carbocycles. The molecule has 0 aliphatic rings. The molecule has 1 heterocycles. The van der Waals surface area contributed by atoms with E-state index in [1.165, 1.54) is 0 Å². The van der Waals surface area contributed by atoms with Crippen LogP contribution in [0.1, 0.15) is 18.2 Å². The first-order valence-corrected chi connectivity index (χ1v) is 5.68. The normalized spacial score (nSPS) is 12.6. The molecule has 3 N–H and O–H groups in total. The monoisotopic (exact) mass is 231 g/mol. The minimum atomic E-state index is -0.171. The van der Waals surface area contributed by atoms with Gasteiger partial charge in [0.25, 0.3) is 0 Å². The third-order valence-corrected chi connectivity index (χ3v) is 2.81. The number of aliphatic hydroxyl groups is 1. The first kappa shape index (κ1) is 11.8. The number of benzene rings is 1. The molecule has 17 heavy (non-hydrogen) atoms. The van der Waals surface area contributed by atoms with E-state index in [1.807, 2.05) is 43.4 Å². The van der Waals surface area contributed by atoms with Crippen molar-refractivity contribution in [1.29, 1.82) is 0 Å². The van der Waals surface area contributed by atoms with E-state index in [4.69, 9.17) is 10.8 Å². The van der Waals surface area contributed by atoms with Gasteiger partial charge in [0.05, 0.1) is 11.4 Å². The zero-order chi connectivity index (χ0) is 12.3. The fourth-order valence-corrected chi connectivity index (χ4v) is 1.87. The zero-order valence-corrected chi connectivity index (χ0v) is 9.87. The van der Waals surface area contributed by atoms with Gasteiger partial charge in [-0.2, -0.15) is 5.10 Å². The largest absolute Gasteiger partial charge is 0.396 e. The third-order valence-electron chi connectivity index (χ3n) is 2.81. The van der Waals surface area contributed by atoms with Crippen molar-refractivity contribution in [2.45, 2.75) is 12.5 Å². The molecule has 1 atom stereocenters. The number of aryl methyl sites for hydroxylation is 1. The lowest BCUT2D eigenvalue weighted by atomic mass is 10.1. The summed E-state index contributed by atoms with van der Waals surface area (Å²) in [6, 6.07) is 11.8. The lowest BCUT2D eigenvalue weighted by molar-refractivity contribution is 0.274. The van der Waals surface area contributed by atoms with Gasteiger partial charge >= 0.3 is 0 Å². The second-order valence-electron chi connectivity index (χ2n) is 4.06. The molecule has 0 radical (unpaired) electrons. The van der Waals surface area contributed by atoms with E-state index in [1.54, 1.807) is 4.68 Å². The molecule has 0 saturated carbocycles. The zero-order valence-electron chi connectivity index (χ0n) is 9.87. The second-order valence-corrected chi connectivity index (χ2v) is 4.06. The van der Waals surface area contributed by atoms with E-state index in [2.05, 4.69) is 5.10 Å². The molecule has 0 saturated heterocycles. The van der Waals surface area contributed by atoms with Crippen molar-refractivity contribution in [3.8, 4) is 11.3 Å². The lowest BCUT2D eigenvalue weighted by Gasteiger charge is -2.09. The van der Waals surface area contributed by atoms with Gasteiger partial charge in [-0.15, -0.1) is 0 Å². The fourth-order valence-electron chi connectivity index (χ4n) is 1.87. The van der Waals surface area contributed by atoms with Crippen molar-refractivity contribution in [2.75, 3.05) is 6.61 Å². The molecule has 0 spiro atoms. The Balaban J connectivity index is 2.31. The van der Waals surface area contributed by atoms with Gasteiger partial charge in [0.15, 0.2) is 0 Å². The predicted octanol–water partition coefficient (Wildman–Crippen LogP) is 1.47. The van der Waals surface area contributed by atoms with Gasteiger partial charge in [-0.1, -0.05) is 30.3 Å². The summed E-state index contributed by atoms with van der Waals surface area (Å²) in [5.41, 5.74) is 8.91. The van der Waals surface area contributed by atoms with Crippen molar-refractivity contribution < 1.29 is 5.11 Å². The van der Waals surface area contributed by atoms with Gasteiger partial charge in [-0.3, -0.25) is 4.68 Å². The molecule has 90 valence electrons. The highest BCUT2D eigenvalue weighted by molar-refractivity contribution is 5.59. The van der Waals surface area contributed by atoms with Gasteiger partial charge in [0.2, 0.25) is 0 Å².